The van der Waals surface area contributed by atoms with E-state index >= 15 is 0 Å². The summed E-state index contributed by atoms with van der Waals surface area (Å²) < 4.78 is 23.1. The summed E-state index contributed by atoms with van der Waals surface area (Å²) in [5.74, 6) is -0.233. The predicted molar refractivity (Wildman–Crippen MR) is 147 cm³/mol. The quantitative estimate of drug-likeness (QED) is 0.248. The molecule has 0 spiro atoms. The second kappa shape index (κ2) is 10.2. The molecule has 10 heteroatoms. The average molecular weight is 531 g/mol. The van der Waals surface area contributed by atoms with Gasteiger partial charge in [0.05, 0.1) is 30.2 Å². The Morgan fingerprint density at radius 2 is 2.11 bits per heavy atom. The van der Waals surface area contributed by atoms with E-state index in [4.69, 9.17) is 9.72 Å². The highest BCUT2D eigenvalue weighted by Crippen LogP contribution is 2.46. The zero-order chi connectivity index (χ0) is 27.0. The summed E-state index contributed by atoms with van der Waals surface area (Å²) >= 11 is 1.57. The van der Waals surface area contributed by atoms with Crippen molar-refractivity contribution in [2.75, 3.05) is 0 Å². The predicted octanol–water partition coefficient (Wildman–Crippen LogP) is 5.79. The lowest BCUT2D eigenvalue weighted by Crippen LogP contribution is -2.20. The van der Waals surface area contributed by atoms with Crippen LogP contribution in [0.1, 0.15) is 25.1 Å². The standard InChI is InChI=1S/C28H27FN6O2S/c1-6-23(36)30-13-21-16(4)25(34-33-21)27-24(19-8-7-18(29)11-22(19)37-15(2)3)28-20(9-10-38-28)26(32-27)17-12-31-35(5)14-17/h6-12,14-15H,1,13H2,2-5H3,(H,30,36)(H,33,34). The van der Waals surface area contributed by atoms with Crippen LogP contribution in [0, 0.1) is 12.7 Å². The Kier molecular flexibility index (Phi) is 6.81. The van der Waals surface area contributed by atoms with E-state index in [-0.39, 0.29) is 24.4 Å². The van der Waals surface area contributed by atoms with Crippen molar-refractivity contribution < 1.29 is 13.9 Å². The van der Waals surface area contributed by atoms with Gasteiger partial charge in [-0.05, 0) is 50.4 Å². The van der Waals surface area contributed by atoms with Crippen LogP contribution in [0.25, 0.3) is 43.9 Å². The molecule has 0 unspecified atom stereocenters. The number of aromatic amines is 1. The number of nitrogens with zero attached hydrogens (tertiary/aromatic N) is 4. The number of hydrogen-bond donors (Lipinski definition) is 2. The summed E-state index contributed by atoms with van der Waals surface area (Å²) in [6.07, 6.45) is 4.76. The van der Waals surface area contributed by atoms with Crippen molar-refractivity contribution in [3.05, 3.63) is 71.8 Å². The highest BCUT2D eigenvalue weighted by molar-refractivity contribution is 7.18. The third-order valence-electron chi connectivity index (χ3n) is 6.12. The van der Waals surface area contributed by atoms with Crippen molar-refractivity contribution >= 4 is 27.3 Å². The van der Waals surface area contributed by atoms with Crippen LogP contribution in [0.2, 0.25) is 0 Å². The molecule has 194 valence electrons. The highest BCUT2D eigenvalue weighted by Gasteiger charge is 2.25. The van der Waals surface area contributed by atoms with Crippen molar-refractivity contribution in [3.8, 4) is 39.5 Å². The maximum Gasteiger partial charge on any atom is 0.243 e. The SMILES string of the molecule is C=CC(=O)NCc1[nH]nc(-c2nc(-c3cnn(C)c3)c3ccsc3c2-c2ccc(F)cc2OC(C)C)c1C. The second-order valence-electron chi connectivity index (χ2n) is 9.15. The molecule has 0 bridgehead atoms. The summed E-state index contributed by atoms with van der Waals surface area (Å²) in [6.45, 7) is 9.50. The fraction of sp³-hybridized carbons (Fsp3) is 0.214. The minimum Gasteiger partial charge on any atom is -0.490 e. The number of carbonyl (C=O) groups excluding carboxylic acids is 1. The number of carbonyl (C=O) groups is 1. The number of hydrogen-bond acceptors (Lipinski definition) is 6. The molecule has 8 nitrogen and oxygen atoms in total. The maximum absolute atomic E-state index is 14.4. The van der Waals surface area contributed by atoms with Gasteiger partial charge in [0.15, 0.2) is 0 Å². The van der Waals surface area contributed by atoms with E-state index in [2.05, 4.69) is 27.2 Å². The molecule has 0 saturated carbocycles. The Balaban J connectivity index is 1.79. The first-order chi connectivity index (χ1) is 18.3. The topological polar surface area (TPSA) is 97.7 Å². The molecule has 38 heavy (non-hydrogen) atoms. The molecular weight excluding hydrogens is 503 g/mol. The number of thiophene rings is 1. The molecule has 0 radical (unpaired) electrons. The molecule has 1 aromatic carbocycles. The van der Waals surface area contributed by atoms with E-state index in [1.165, 1.54) is 18.2 Å². The Morgan fingerprint density at radius 3 is 2.82 bits per heavy atom. The number of benzene rings is 1. The minimum atomic E-state index is -0.385. The number of H-pyrrole nitrogens is 1. The van der Waals surface area contributed by atoms with Crippen molar-refractivity contribution in [3.63, 3.8) is 0 Å². The number of halogens is 1. The summed E-state index contributed by atoms with van der Waals surface area (Å²) in [4.78, 5) is 16.9. The molecule has 0 aliphatic rings. The van der Waals surface area contributed by atoms with Crippen LogP contribution < -0.4 is 10.1 Å². The lowest BCUT2D eigenvalue weighted by molar-refractivity contribution is -0.116. The Hall–Kier alpha value is -4.31. The zero-order valence-corrected chi connectivity index (χ0v) is 22.3. The van der Waals surface area contributed by atoms with Crippen molar-refractivity contribution in [2.45, 2.75) is 33.4 Å². The minimum absolute atomic E-state index is 0.160. The van der Waals surface area contributed by atoms with Crippen LogP contribution in [-0.4, -0.2) is 37.0 Å². The van der Waals surface area contributed by atoms with Crippen LogP contribution in [0.3, 0.4) is 0 Å². The maximum atomic E-state index is 14.4. The van der Waals surface area contributed by atoms with Gasteiger partial charge in [0.25, 0.3) is 0 Å². The fourth-order valence-electron chi connectivity index (χ4n) is 4.35. The van der Waals surface area contributed by atoms with Crippen molar-refractivity contribution in [1.29, 1.82) is 0 Å². The molecule has 0 aliphatic carbocycles. The van der Waals surface area contributed by atoms with Gasteiger partial charge >= 0.3 is 0 Å². The van der Waals surface area contributed by atoms with E-state index in [0.717, 1.165) is 43.7 Å². The van der Waals surface area contributed by atoms with E-state index in [1.54, 1.807) is 28.3 Å². The van der Waals surface area contributed by atoms with Gasteiger partial charge in [0.2, 0.25) is 5.91 Å². The molecule has 4 heterocycles. The molecule has 0 fully saturated rings. The van der Waals surface area contributed by atoms with Gasteiger partial charge in [-0.2, -0.15) is 10.2 Å². The van der Waals surface area contributed by atoms with Gasteiger partial charge in [0.1, 0.15) is 23.0 Å². The molecule has 1 amide bonds. The fourth-order valence-corrected chi connectivity index (χ4v) is 5.30. The number of nitrogens with one attached hydrogen (secondary N) is 2. The molecule has 5 rings (SSSR count). The smallest absolute Gasteiger partial charge is 0.243 e. The number of amides is 1. The van der Waals surface area contributed by atoms with E-state index in [9.17, 15) is 9.18 Å². The molecule has 0 saturated heterocycles. The van der Waals surface area contributed by atoms with Crippen LogP contribution in [0.4, 0.5) is 4.39 Å². The third kappa shape index (κ3) is 4.70. The Bertz CT molecular complexity index is 1670. The number of fused-ring (bicyclic) bond motifs is 1. The number of pyridine rings is 1. The molecular formula is C28H27FN6O2S. The Labute approximate surface area is 223 Å². The van der Waals surface area contributed by atoms with Gasteiger partial charge in [-0.15, -0.1) is 11.3 Å². The van der Waals surface area contributed by atoms with Crippen molar-refractivity contribution in [2.24, 2.45) is 7.05 Å². The lowest BCUT2D eigenvalue weighted by Gasteiger charge is -2.18. The largest absolute Gasteiger partial charge is 0.490 e. The van der Waals surface area contributed by atoms with Crippen LogP contribution in [0.5, 0.6) is 5.75 Å². The van der Waals surface area contributed by atoms with Crippen LogP contribution >= 0.6 is 11.3 Å². The van der Waals surface area contributed by atoms with Gasteiger partial charge in [0, 0.05) is 51.7 Å². The summed E-state index contributed by atoms with van der Waals surface area (Å²) in [5, 5.41) is 17.8. The van der Waals surface area contributed by atoms with E-state index in [1.807, 2.05) is 45.5 Å². The van der Waals surface area contributed by atoms with Gasteiger partial charge in [-0.25, -0.2) is 9.37 Å². The summed E-state index contributed by atoms with van der Waals surface area (Å²) in [5.41, 5.74) is 5.99. The van der Waals surface area contributed by atoms with Crippen LogP contribution in [0.15, 0.2) is 54.7 Å². The highest BCUT2D eigenvalue weighted by atomic mass is 32.1. The number of rotatable bonds is 8. The first-order valence-electron chi connectivity index (χ1n) is 12.1. The van der Waals surface area contributed by atoms with Gasteiger partial charge < -0.3 is 10.1 Å². The van der Waals surface area contributed by atoms with E-state index in [0.29, 0.717) is 17.1 Å². The first-order valence-corrected chi connectivity index (χ1v) is 13.0. The molecule has 0 atom stereocenters. The summed E-state index contributed by atoms with van der Waals surface area (Å²) in [6, 6.07) is 6.59. The molecule has 0 aliphatic heterocycles. The number of aryl methyl sites for hydroxylation is 1. The normalized spacial score (nSPS) is 11.3. The molecule has 4 aromatic heterocycles. The number of ether oxygens (including phenoxy) is 1. The van der Waals surface area contributed by atoms with E-state index < -0.39 is 0 Å². The first kappa shape index (κ1) is 25.3. The average Bonchev–Trinajstić information content (AvgIpc) is 3.62. The third-order valence-corrected chi connectivity index (χ3v) is 7.05. The lowest BCUT2D eigenvalue weighted by atomic mass is 9.96. The van der Waals surface area contributed by atoms with Crippen LogP contribution in [-0.2, 0) is 18.4 Å². The van der Waals surface area contributed by atoms with Gasteiger partial charge in [-0.3, -0.25) is 14.6 Å². The molecule has 2 N–H and O–H groups in total. The summed E-state index contributed by atoms with van der Waals surface area (Å²) in [7, 11) is 1.86. The Morgan fingerprint density at radius 1 is 1.29 bits per heavy atom. The number of aromatic nitrogens is 5. The second-order valence-corrected chi connectivity index (χ2v) is 10.1. The van der Waals surface area contributed by atoms with Crippen molar-refractivity contribution in [1.82, 2.24) is 30.3 Å². The monoisotopic (exact) mass is 530 g/mol. The molecule has 5 aromatic rings. The van der Waals surface area contributed by atoms with Gasteiger partial charge in [-0.1, -0.05) is 6.58 Å². The zero-order valence-electron chi connectivity index (χ0n) is 21.5.